The average Bonchev–Trinajstić information content (AvgIpc) is 2.94. The summed E-state index contributed by atoms with van der Waals surface area (Å²) in [6.07, 6.45) is 5.04. The van der Waals surface area contributed by atoms with Crippen molar-refractivity contribution in [2.24, 2.45) is 0 Å². The molecule has 106 valence electrons. The Bertz CT molecular complexity index is 483. The maximum atomic E-state index is 12.1. The largest absolute Gasteiger partial charge is 0.374 e. The number of amides is 1. The smallest absolute Gasteiger partial charge is 0.242 e. The minimum absolute atomic E-state index is 0.0537. The summed E-state index contributed by atoms with van der Waals surface area (Å²) in [6.45, 7) is 1.87. The number of hydrogen-bond acceptors (Lipinski definition) is 3. The minimum Gasteiger partial charge on any atom is -0.374 e. The summed E-state index contributed by atoms with van der Waals surface area (Å²) in [6, 6.07) is 9.85. The summed E-state index contributed by atoms with van der Waals surface area (Å²) in [5.41, 5.74) is 1.89. The molecule has 0 aliphatic heterocycles. The van der Waals surface area contributed by atoms with Crippen molar-refractivity contribution in [3.05, 3.63) is 29.8 Å². The van der Waals surface area contributed by atoms with Crippen LogP contribution in [-0.4, -0.2) is 18.0 Å². The van der Waals surface area contributed by atoms with Gasteiger partial charge in [0.05, 0.1) is 12.5 Å². The second kappa shape index (κ2) is 6.95. The Labute approximate surface area is 120 Å². The van der Waals surface area contributed by atoms with Crippen LogP contribution in [0.15, 0.2) is 24.3 Å². The van der Waals surface area contributed by atoms with Crippen LogP contribution in [0.4, 0.5) is 5.69 Å². The van der Waals surface area contributed by atoms with E-state index >= 15 is 0 Å². The van der Waals surface area contributed by atoms with Gasteiger partial charge in [-0.3, -0.25) is 4.79 Å². The number of nitriles is 1. The molecule has 1 atom stereocenters. The fraction of sp³-hybridized carbons (Fsp3) is 0.500. The third kappa shape index (κ3) is 3.99. The Kier molecular flexibility index (Phi) is 5.00. The van der Waals surface area contributed by atoms with Gasteiger partial charge in [0, 0.05) is 11.7 Å². The molecule has 0 heterocycles. The van der Waals surface area contributed by atoms with Crippen molar-refractivity contribution in [2.75, 3.05) is 5.32 Å². The normalized spacial score (nSPS) is 16.4. The lowest BCUT2D eigenvalue weighted by Gasteiger charge is -2.18. The average molecular weight is 271 g/mol. The molecule has 0 radical (unpaired) electrons. The molecular weight excluding hydrogens is 250 g/mol. The Balaban J connectivity index is 1.85. The van der Waals surface area contributed by atoms with Crippen LogP contribution < -0.4 is 10.6 Å². The number of hydrogen-bond donors (Lipinski definition) is 2. The van der Waals surface area contributed by atoms with Crippen LogP contribution in [0.2, 0.25) is 0 Å². The van der Waals surface area contributed by atoms with Gasteiger partial charge in [-0.15, -0.1) is 0 Å². The van der Waals surface area contributed by atoms with Crippen LogP contribution in [0.5, 0.6) is 0 Å². The minimum atomic E-state index is -0.252. The first-order valence-corrected chi connectivity index (χ1v) is 7.22. The van der Waals surface area contributed by atoms with Gasteiger partial charge in [0.1, 0.15) is 6.04 Å². The lowest BCUT2D eigenvalue weighted by atomic mass is 10.1. The van der Waals surface area contributed by atoms with Gasteiger partial charge in [0.2, 0.25) is 5.91 Å². The summed E-state index contributed by atoms with van der Waals surface area (Å²) in [5.74, 6) is 0.0537. The van der Waals surface area contributed by atoms with Gasteiger partial charge in [-0.1, -0.05) is 25.0 Å². The molecule has 1 saturated carbocycles. The van der Waals surface area contributed by atoms with Crippen LogP contribution in [0.1, 0.15) is 38.2 Å². The van der Waals surface area contributed by atoms with Crippen LogP contribution in [0, 0.1) is 11.3 Å². The predicted octanol–water partition coefficient (Wildman–Crippen LogP) is 2.61. The monoisotopic (exact) mass is 271 g/mol. The molecule has 4 nitrogen and oxygen atoms in total. The molecule has 2 N–H and O–H groups in total. The van der Waals surface area contributed by atoms with Gasteiger partial charge < -0.3 is 10.6 Å². The number of carbonyl (C=O) groups excluding carboxylic acids is 1. The number of anilines is 1. The lowest BCUT2D eigenvalue weighted by molar-refractivity contribution is -0.122. The molecule has 0 saturated heterocycles. The second-order valence-corrected chi connectivity index (χ2v) is 5.39. The maximum absolute atomic E-state index is 12.1. The van der Waals surface area contributed by atoms with E-state index in [0.29, 0.717) is 12.5 Å². The van der Waals surface area contributed by atoms with Gasteiger partial charge in [0.25, 0.3) is 0 Å². The van der Waals surface area contributed by atoms with E-state index in [1.54, 1.807) is 0 Å². The second-order valence-electron chi connectivity index (χ2n) is 5.39. The highest BCUT2D eigenvalue weighted by molar-refractivity contribution is 5.84. The van der Waals surface area contributed by atoms with Crippen LogP contribution in [0.3, 0.4) is 0 Å². The van der Waals surface area contributed by atoms with Crippen LogP contribution in [-0.2, 0) is 11.2 Å². The maximum Gasteiger partial charge on any atom is 0.242 e. The topological polar surface area (TPSA) is 64.9 Å². The van der Waals surface area contributed by atoms with Gasteiger partial charge in [-0.25, -0.2) is 0 Å². The molecule has 1 amide bonds. The summed E-state index contributed by atoms with van der Waals surface area (Å²) in [4.78, 5) is 12.1. The first-order chi connectivity index (χ1) is 9.69. The number of nitrogens with one attached hydrogen (secondary N) is 2. The predicted molar refractivity (Wildman–Crippen MR) is 79.2 cm³/mol. The molecule has 2 rings (SSSR count). The molecule has 1 aliphatic rings. The van der Waals surface area contributed by atoms with Gasteiger partial charge in [-0.2, -0.15) is 5.26 Å². The zero-order valence-corrected chi connectivity index (χ0v) is 11.9. The SMILES string of the molecule is CC(Nc1ccc(CC#N)cc1)C(=O)NC1CCCC1. The summed E-state index contributed by atoms with van der Waals surface area (Å²) in [5, 5.41) is 14.9. The van der Waals surface area contributed by atoms with E-state index in [2.05, 4.69) is 16.7 Å². The highest BCUT2D eigenvalue weighted by Gasteiger charge is 2.20. The molecular formula is C16H21N3O. The van der Waals surface area contributed by atoms with Crippen molar-refractivity contribution in [1.29, 1.82) is 5.26 Å². The fourth-order valence-corrected chi connectivity index (χ4v) is 2.52. The lowest BCUT2D eigenvalue weighted by Crippen LogP contribution is -2.42. The van der Waals surface area contributed by atoms with Gasteiger partial charge >= 0.3 is 0 Å². The first-order valence-electron chi connectivity index (χ1n) is 7.22. The fourth-order valence-electron chi connectivity index (χ4n) is 2.52. The van der Waals surface area contributed by atoms with E-state index in [-0.39, 0.29) is 11.9 Å². The van der Waals surface area contributed by atoms with Crippen molar-refractivity contribution in [3.63, 3.8) is 0 Å². The molecule has 0 spiro atoms. The molecule has 1 unspecified atom stereocenters. The highest BCUT2D eigenvalue weighted by atomic mass is 16.2. The zero-order chi connectivity index (χ0) is 14.4. The Morgan fingerprint density at radius 1 is 1.35 bits per heavy atom. The first kappa shape index (κ1) is 14.4. The van der Waals surface area contributed by atoms with Crippen LogP contribution in [0.25, 0.3) is 0 Å². The third-order valence-corrected chi connectivity index (χ3v) is 3.72. The van der Waals surface area contributed by atoms with Crippen molar-refractivity contribution in [3.8, 4) is 6.07 Å². The highest BCUT2D eigenvalue weighted by Crippen LogP contribution is 2.18. The Morgan fingerprint density at radius 2 is 2.00 bits per heavy atom. The number of benzene rings is 1. The molecule has 1 aliphatic carbocycles. The summed E-state index contributed by atoms with van der Waals surface area (Å²) >= 11 is 0. The van der Waals surface area contributed by atoms with Crippen molar-refractivity contribution in [1.82, 2.24) is 5.32 Å². The van der Waals surface area contributed by atoms with Crippen molar-refractivity contribution in [2.45, 2.75) is 51.1 Å². The van der Waals surface area contributed by atoms with Crippen molar-refractivity contribution < 1.29 is 4.79 Å². The number of rotatable bonds is 5. The van der Waals surface area contributed by atoms with E-state index in [0.717, 1.165) is 24.1 Å². The molecule has 4 heteroatoms. The van der Waals surface area contributed by atoms with E-state index in [9.17, 15) is 4.79 Å². The van der Waals surface area contributed by atoms with Gasteiger partial charge in [0.15, 0.2) is 0 Å². The van der Waals surface area contributed by atoms with Gasteiger partial charge in [-0.05, 0) is 37.5 Å². The van der Waals surface area contributed by atoms with E-state index in [1.807, 2.05) is 31.2 Å². The Hall–Kier alpha value is -2.02. The third-order valence-electron chi connectivity index (χ3n) is 3.72. The molecule has 1 aromatic carbocycles. The molecule has 20 heavy (non-hydrogen) atoms. The standard InChI is InChI=1S/C16H21N3O/c1-12(16(20)19-14-4-2-3-5-14)18-15-8-6-13(7-9-15)10-11-17/h6-9,12,14,18H,2-5,10H2,1H3,(H,19,20). The molecule has 1 fully saturated rings. The molecule has 0 aromatic heterocycles. The summed E-state index contributed by atoms with van der Waals surface area (Å²) in [7, 11) is 0. The van der Waals surface area contributed by atoms with E-state index in [4.69, 9.17) is 5.26 Å². The quantitative estimate of drug-likeness (QED) is 0.865. The van der Waals surface area contributed by atoms with Crippen molar-refractivity contribution >= 4 is 11.6 Å². The van der Waals surface area contributed by atoms with E-state index < -0.39 is 0 Å². The molecule has 1 aromatic rings. The number of nitrogens with zero attached hydrogens (tertiary/aromatic N) is 1. The van der Waals surface area contributed by atoms with Crippen LogP contribution >= 0.6 is 0 Å². The van der Waals surface area contributed by atoms with E-state index in [1.165, 1.54) is 12.8 Å². The number of carbonyl (C=O) groups is 1. The molecule has 0 bridgehead atoms. The zero-order valence-electron chi connectivity index (χ0n) is 11.9. The Morgan fingerprint density at radius 3 is 2.60 bits per heavy atom. The summed E-state index contributed by atoms with van der Waals surface area (Å²) < 4.78 is 0.